The number of hydrogen-bond donors (Lipinski definition) is 1. The number of aromatic nitrogens is 2. The van der Waals surface area contributed by atoms with Crippen LogP contribution in [0.25, 0.3) is 22.0 Å². The zero-order valence-electron chi connectivity index (χ0n) is 14.7. The van der Waals surface area contributed by atoms with Crippen LogP contribution < -0.4 is 4.90 Å². The molecule has 3 aromatic rings. The van der Waals surface area contributed by atoms with E-state index in [1.807, 2.05) is 4.90 Å². The Morgan fingerprint density at radius 3 is 2.75 bits per heavy atom. The Kier molecular flexibility index (Phi) is 5.08. The van der Waals surface area contributed by atoms with Crippen LogP contribution in [0.15, 0.2) is 36.7 Å². The van der Waals surface area contributed by atoms with E-state index in [0.29, 0.717) is 46.3 Å². The third-order valence-electron chi connectivity index (χ3n) is 5.02. The number of carboxylic acid groups (broad SMARTS) is 1. The lowest BCUT2D eigenvalue weighted by Gasteiger charge is -2.32. The summed E-state index contributed by atoms with van der Waals surface area (Å²) in [5, 5.41) is 10.7. The summed E-state index contributed by atoms with van der Waals surface area (Å²) in [7, 11) is 0. The van der Waals surface area contributed by atoms with Crippen molar-refractivity contribution in [3.63, 3.8) is 0 Å². The first kappa shape index (κ1) is 18.9. The number of piperidine rings is 1. The number of anilines is 1. The predicted molar refractivity (Wildman–Crippen MR) is 108 cm³/mol. The molecule has 5 nitrogen and oxygen atoms in total. The highest BCUT2D eigenvalue weighted by molar-refractivity contribution is 6.42. The van der Waals surface area contributed by atoms with Crippen molar-refractivity contribution in [3.05, 3.63) is 52.5 Å². The molecule has 1 aliphatic heterocycles. The lowest BCUT2D eigenvalue weighted by molar-refractivity contribution is -0.141. The van der Waals surface area contributed by atoms with Crippen LogP contribution in [0.5, 0.6) is 0 Å². The lowest BCUT2D eigenvalue weighted by Crippen LogP contribution is -2.39. The molecule has 0 unspecified atom stereocenters. The maximum Gasteiger partial charge on any atom is 0.308 e. The zero-order valence-corrected chi connectivity index (χ0v) is 16.2. The first-order valence-corrected chi connectivity index (χ1v) is 9.57. The van der Waals surface area contributed by atoms with E-state index in [-0.39, 0.29) is 5.52 Å². The second-order valence-electron chi connectivity index (χ2n) is 6.77. The molecule has 0 aliphatic carbocycles. The van der Waals surface area contributed by atoms with Crippen LogP contribution in [-0.4, -0.2) is 34.1 Å². The maximum atomic E-state index is 14.5. The van der Waals surface area contributed by atoms with Crippen molar-refractivity contribution in [3.8, 4) is 11.1 Å². The van der Waals surface area contributed by atoms with Crippen LogP contribution in [0.3, 0.4) is 0 Å². The maximum absolute atomic E-state index is 14.5. The van der Waals surface area contributed by atoms with Crippen molar-refractivity contribution in [1.82, 2.24) is 9.97 Å². The van der Waals surface area contributed by atoms with E-state index in [4.69, 9.17) is 23.2 Å². The van der Waals surface area contributed by atoms with E-state index in [1.54, 1.807) is 24.3 Å². The Balaban J connectivity index is 1.91. The minimum Gasteiger partial charge on any atom is -0.481 e. The molecular weight excluding hydrogens is 404 g/mol. The van der Waals surface area contributed by atoms with E-state index in [1.165, 1.54) is 12.4 Å². The molecule has 0 bridgehead atoms. The monoisotopic (exact) mass is 419 g/mol. The average Bonchev–Trinajstić information content (AvgIpc) is 2.70. The molecule has 144 valence electrons. The molecular formula is C20H16Cl2FN3O2. The average molecular weight is 420 g/mol. The van der Waals surface area contributed by atoms with Gasteiger partial charge in [0.2, 0.25) is 0 Å². The number of halogens is 3. The first-order chi connectivity index (χ1) is 13.5. The van der Waals surface area contributed by atoms with Gasteiger partial charge in [-0.3, -0.25) is 4.79 Å². The topological polar surface area (TPSA) is 66.3 Å². The molecule has 1 fully saturated rings. The minimum atomic E-state index is -0.834. The molecule has 1 atom stereocenters. The van der Waals surface area contributed by atoms with Crippen molar-refractivity contribution >= 4 is 45.9 Å². The third-order valence-corrected chi connectivity index (χ3v) is 5.76. The summed E-state index contributed by atoms with van der Waals surface area (Å²) in [5.74, 6) is -1.26. The second-order valence-corrected chi connectivity index (χ2v) is 7.58. The zero-order chi connectivity index (χ0) is 19.8. The van der Waals surface area contributed by atoms with Crippen LogP contribution in [-0.2, 0) is 4.79 Å². The Morgan fingerprint density at radius 1 is 1.18 bits per heavy atom. The van der Waals surface area contributed by atoms with Crippen LogP contribution in [0, 0.1) is 11.7 Å². The summed E-state index contributed by atoms with van der Waals surface area (Å²) in [5.41, 5.74) is 1.65. The predicted octanol–water partition coefficient (Wildman–Crippen LogP) is 5.04. The van der Waals surface area contributed by atoms with Gasteiger partial charge in [-0.25, -0.2) is 14.4 Å². The van der Waals surface area contributed by atoms with Crippen LogP contribution >= 0.6 is 23.2 Å². The van der Waals surface area contributed by atoms with Crippen molar-refractivity contribution in [2.75, 3.05) is 18.0 Å². The molecule has 0 spiro atoms. The van der Waals surface area contributed by atoms with Gasteiger partial charge in [0, 0.05) is 13.1 Å². The number of benzene rings is 2. The molecule has 2 heterocycles. The smallest absolute Gasteiger partial charge is 0.308 e. The van der Waals surface area contributed by atoms with Crippen LogP contribution in [0.2, 0.25) is 10.0 Å². The van der Waals surface area contributed by atoms with Crippen molar-refractivity contribution in [2.45, 2.75) is 12.8 Å². The molecule has 4 rings (SSSR count). The summed E-state index contributed by atoms with van der Waals surface area (Å²) in [6, 6.07) is 8.20. The Bertz CT molecular complexity index is 1080. The van der Waals surface area contributed by atoms with Gasteiger partial charge in [0.15, 0.2) is 0 Å². The standard InChI is InChI=1S/C20H16Cl2FN3O2/c21-14-5-3-11(8-15(14)22)13-4-6-16(23)18-17(13)19(25-10-24-18)26-7-1-2-12(9-26)20(27)28/h3-6,8,10,12H,1-2,7,9H2,(H,27,28)/t12-/m0/s1. The highest BCUT2D eigenvalue weighted by atomic mass is 35.5. The molecule has 2 aromatic carbocycles. The summed E-state index contributed by atoms with van der Waals surface area (Å²) in [6.07, 6.45) is 2.65. The van der Waals surface area contributed by atoms with E-state index in [2.05, 4.69) is 9.97 Å². The van der Waals surface area contributed by atoms with Gasteiger partial charge in [-0.2, -0.15) is 0 Å². The summed E-state index contributed by atoms with van der Waals surface area (Å²) in [6.45, 7) is 0.964. The van der Waals surface area contributed by atoms with E-state index in [9.17, 15) is 14.3 Å². The molecule has 1 saturated heterocycles. The van der Waals surface area contributed by atoms with Crippen LogP contribution in [0.4, 0.5) is 10.2 Å². The lowest BCUT2D eigenvalue weighted by atomic mass is 9.96. The number of hydrogen-bond acceptors (Lipinski definition) is 4. The third kappa shape index (κ3) is 3.38. The molecule has 0 radical (unpaired) electrons. The number of fused-ring (bicyclic) bond motifs is 1. The first-order valence-electron chi connectivity index (χ1n) is 8.82. The van der Waals surface area contributed by atoms with Gasteiger partial charge in [-0.1, -0.05) is 35.3 Å². The van der Waals surface area contributed by atoms with E-state index in [0.717, 1.165) is 12.0 Å². The summed E-state index contributed by atoms with van der Waals surface area (Å²) in [4.78, 5) is 21.9. The highest BCUT2D eigenvalue weighted by Crippen LogP contribution is 2.38. The molecule has 1 aliphatic rings. The number of carbonyl (C=O) groups is 1. The van der Waals surface area contributed by atoms with Gasteiger partial charge < -0.3 is 10.0 Å². The minimum absolute atomic E-state index is 0.186. The van der Waals surface area contributed by atoms with Crippen molar-refractivity contribution in [2.24, 2.45) is 5.92 Å². The number of carboxylic acids is 1. The van der Waals surface area contributed by atoms with Gasteiger partial charge in [0.05, 0.1) is 21.3 Å². The second kappa shape index (κ2) is 7.53. The summed E-state index contributed by atoms with van der Waals surface area (Å²) < 4.78 is 14.5. The van der Waals surface area contributed by atoms with Crippen LogP contribution in [0.1, 0.15) is 12.8 Å². The van der Waals surface area contributed by atoms with Gasteiger partial charge >= 0.3 is 5.97 Å². The fraction of sp³-hybridized carbons (Fsp3) is 0.250. The quantitative estimate of drug-likeness (QED) is 0.643. The molecule has 0 amide bonds. The SMILES string of the molecule is O=C(O)[C@H]1CCCN(c2ncnc3c(F)ccc(-c4ccc(Cl)c(Cl)c4)c23)C1. The van der Waals surface area contributed by atoms with Gasteiger partial charge in [0.25, 0.3) is 0 Å². The van der Waals surface area contributed by atoms with Gasteiger partial charge in [-0.15, -0.1) is 0 Å². The van der Waals surface area contributed by atoms with E-state index < -0.39 is 17.7 Å². The fourth-order valence-corrected chi connectivity index (χ4v) is 3.94. The van der Waals surface area contributed by atoms with Crippen molar-refractivity contribution in [1.29, 1.82) is 0 Å². The number of rotatable bonds is 3. The molecule has 0 saturated carbocycles. The number of aliphatic carboxylic acids is 1. The molecule has 28 heavy (non-hydrogen) atoms. The van der Waals surface area contributed by atoms with Gasteiger partial charge in [0.1, 0.15) is 23.5 Å². The summed E-state index contributed by atoms with van der Waals surface area (Å²) >= 11 is 12.2. The molecule has 1 N–H and O–H groups in total. The Hall–Kier alpha value is -2.44. The number of nitrogens with zero attached hydrogens (tertiary/aromatic N) is 3. The largest absolute Gasteiger partial charge is 0.481 e. The fourth-order valence-electron chi connectivity index (χ4n) is 3.64. The normalized spacial score (nSPS) is 17.1. The Morgan fingerprint density at radius 2 is 2.00 bits per heavy atom. The van der Waals surface area contributed by atoms with E-state index >= 15 is 0 Å². The van der Waals surface area contributed by atoms with Gasteiger partial charge in [-0.05, 0) is 42.2 Å². The molecule has 8 heteroatoms. The molecule has 1 aromatic heterocycles. The highest BCUT2D eigenvalue weighted by Gasteiger charge is 2.28. The Labute approximate surface area is 170 Å². The van der Waals surface area contributed by atoms with Crippen molar-refractivity contribution < 1.29 is 14.3 Å².